The van der Waals surface area contributed by atoms with Crippen LogP contribution < -0.4 is 9.30 Å². The molecule has 32 heavy (non-hydrogen) atoms. The van der Waals surface area contributed by atoms with Gasteiger partial charge in [0.25, 0.3) is 0 Å². The van der Waals surface area contributed by atoms with E-state index < -0.39 is 10.1 Å². The molecule has 0 saturated carbocycles. The first-order valence-electron chi connectivity index (χ1n) is 10.2. The summed E-state index contributed by atoms with van der Waals surface area (Å²) in [6.07, 6.45) is 8.29. The summed E-state index contributed by atoms with van der Waals surface area (Å²) in [5.41, 5.74) is 2.37. The Morgan fingerprint density at radius 2 is 1.44 bits per heavy atom. The number of aromatic nitrogens is 1. The third-order valence-corrected chi connectivity index (χ3v) is 5.50. The van der Waals surface area contributed by atoms with Crippen LogP contribution in [0, 0.1) is 0 Å². The molecule has 0 atom stereocenters. The van der Waals surface area contributed by atoms with Gasteiger partial charge in [0.15, 0.2) is 12.4 Å². The lowest BCUT2D eigenvalue weighted by molar-refractivity contribution is -0.671. The van der Waals surface area contributed by atoms with E-state index in [1.807, 2.05) is 55.2 Å². The summed E-state index contributed by atoms with van der Waals surface area (Å²) >= 11 is 0. The van der Waals surface area contributed by atoms with Crippen LogP contribution in [0.25, 0.3) is 22.9 Å². The minimum atomic E-state index is -4.34. The van der Waals surface area contributed by atoms with Crippen molar-refractivity contribution in [1.29, 1.82) is 0 Å². The lowest BCUT2D eigenvalue weighted by Crippen LogP contribution is -2.25. The summed E-state index contributed by atoms with van der Waals surface area (Å²) in [6, 6.07) is 23.9. The number of fused-ring (bicyclic) bond motifs is 1. The summed E-state index contributed by atoms with van der Waals surface area (Å²) in [4.78, 5) is -0.184. The smallest absolute Gasteiger partial charge is 0.169 e. The minimum Gasteiger partial charge on any atom is -0.744 e. The van der Waals surface area contributed by atoms with Crippen LogP contribution in [0.1, 0.15) is 18.1 Å². The van der Waals surface area contributed by atoms with Crippen molar-refractivity contribution in [3.8, 4) is 5.75 Å². The average molecular weight is 448 g/mol. The van der Waals surface area contributed by atoms with Crippen molar-refractivity contribution < 1.29 is 22.3 Å². The van der Waals surface area contributed by atoms with Crippen LogP contribution in [0.15, 0.2) is 96.2 Å². The highest BCUT2D eigenvalue weighted by Gasteiger charge is 2.01. The quantitative estimate of drug-likeness (QED) is 0.325. The van der Waals surface area contributed by atoms with Gasteiger partial charge in [-0.15, -0.1) is 0 Å². The van der Waals surface area contributed by atoms with Gasteiger partial charge in [-0.2, -0.15) is 0 Å². The third-order valence-electron chi connectivity index (χ3n) is 4.67. The Morgan fingerprint density at radius 3 is 2.03 bits per heavy atom. The summed E-state index contributed by atoms with van der Waals surface area (Å²) in [6.45, 7) is 2.69. The fourth-order valence-electron chi connectivity index (χ4n) is 2.98. The molecule has 4 rings (SSSR count). The maximum Gasteiger partial charge on any atom is 0.169 e. The zero-order valence-corrected chi connectivity index (χ0v) is 18.8. The first kappa shape index (κ1) is 23.2. The molecule has 4 aromatic rings. The van der Waals surface area contributed by atoms with Crippen LogP contribution in [0.3, 0.4) is 0 Å². The van der Waals surface area contributed by atoms with E-state index in [-0.39, 0.29) is 4.90 Å². The predicted molar refractivity (Wildman–Crippen MR) is 126 cm³/mol. The first-order valence-corrected chi connectivity index (χ1v) is 11.6. The molecule has 0 fully saturated rings. The second kappa shape index (κ2) is 10.7. The zero-order valence-electron chi connectivity index (χ0n) is 18.0. The molecule has 0 radical (unpaired) electrons. The van der Waals surface area contributed by atoms with E-state index >= 15 is 0 Å². The van der Waals surface area contributed by atoms with Crippen LogP contribution in [0.5, 0.6) is 5.75 Å². The van der Waals surface area contributed by atoms with Gasteiger partial charge in [0, 0.05) is 12.1 Å². The summed E-state index contributed by atoms with van der Waals surface area (Å²) in [7, 11) is -2.33. The molecule has 1 heterocycles. The summed E-state index contributed by atoms with van der Waals surface area (Å²) in [5, 5.41) is 1.67. The van der Waals surface area contributed by atoms with Crippen molar-refractivity contribution in [2.45, 2.75) is 11.8 Å². The molecule has 0 aliphatic rings. The standard InChI is InChI=1S/C16H18NO.C10H8O3S/c1-3-18-16-8-6-14(7-9-16)4-5-15-10-12-17(2)13-11-15;11-14(12,13)10-6-5-8-3-1-2-4-9(8)7-10/h4-13H,3H2,1-2H3;1-7H,(H,11,12,13)/q+1;/p-1/b5-4+;. The van der Waals surface area contributed by atoms with Gasteiger partial charge in [-0.05, 0) is 53.1 Å². The molecule has 0 N–H and O–H groups in total. The van der Waals surface area contributed by atoms with Crippen molar-refractivity contribution in [2.75, 3.05) is 6.61 Å². The zero-order chi connectivity index (χ0) is 23.0. The van der Waals surface area contributed by atoms with Crippen LogP contribution in [0.4, 0.5) is 0 Å². The van der Waals surface area contributed by atoms with E-state index in [0.29, 0.717) is 6.61 Å². The number of hydrogen-bond donors (Lipinski definition) is 0. The molecule has 5 nitrogen and oxygen atoms in total. The number of pyridine rings is 1. The number of hydrogen-bond acceptors (Lipinski definition) is 4. The van der Waals surface area contributed by atoms with Crippen LogP contribution in [-0.2, 0) is 17.2 Å². The van der Waals surface area contributed by atoms with Crippen LogP contribution >= 0.6 is 0 Å². The molecule has 3 aromatic carbocycles. The SMILES string of the molecule is CCOc1ccc(/C=C/c2cc[n+](C)cc2)cc1.O=S(=O)([O-])c1ccc2ccccc2c1. The molecular formula is C26H25NO4S. The van der Waals surface area contributed by atoms with Gasteiger partial charge in [0.2, 0.25) is 0 Å². The third kappa shape index (κ3) is 6.77. The maximum atomic E-state index is 10.7. The van der Waals surface area contributed by atoms with Gasteiger partial charge < -0.3 is 9.29 Å². The Kier molecular flexibility index (Phi) is 7.76. The Labute approximate surface area is 189 Å². The van der Waals surface area contributed by atoms with Gasteiger partial charge in [-0.25, -0.2) is 13.0 Å². The Hall–Kier alpha value is -3.48. The second-order valence-electron chi connectivity index (χ2n) is 7.10. The maximum absolute atomic E-state index is 10.7. The second-order valence-corrected chi connectivity index (χ2v) is 8.48. The van der Waals surface area contributed by atoms with Gasteiger partial charge in [-0.1, -0.05) is 54.6 Å². The molecule has 0 spiro atoms. The summed E-state index contributed by atoms with van der Waals surface area (Å²) < 4.78 is 39.6. The molecule has 6 heteroatoms. The molecule has 0 unspecified atom stereocenters. The lowest BCUT2D eigenvalue weighted by atomic mass is 10.1. The molecular weight excluding hydrogens is 422 g/mol. The number of rotatable bonds is 5. The average Bonchev–Trinajstić information content (AvgIpc) is 2.79. The molecule has 1 aromatic heterocycles. The van der Waals surface area contributed by atoms with Crippen molar-refractivity contribution in [1.82, 2.24) is 0 Å². The molecule has 0 amide bonds. The van der Waals surface area contributed by atoms with Crippen molar-refractivity contribution in [2.24, 2.45) is 7.05 Å². The fourth-order valence-corrected chi connectivity index (χ4v) is 3.49. The van der Waals surface area contributed by atoms with Gasteiger partial charge in [0.1, 0.15) is 22.9 Å². The molecule has 164 valence electrons. The Morgan fingerprint density at radius 1 is 0.844 bits per heavy atom. The van der Waals surface area contributed by atoms with E-state index in [9.17, 15) is 13.0 Å². The highest BCUT2D eigenvalue weighted by molar-refractivity contribution is 7.85. The highest BCUT2D eigenvalue weighted by atomic mass is 32.2. The van der Waals surface area contributed by atoms with E-state index in [4.69, 9.17) is 4.74 Å². The van der Waals surface area contributed by atoms with E-state index in [1.165, 1.54) is 23.3 Å². The van der Waals surface area contributed by atoms with Gasteiger partial charge >= 0.3 is 0 Å². The van der Waals surface area contributed by atoms with Crippen LogP contribution in [0.2, 0.25) is 0 Å². The van der Waals surface area contributed by atoms with Crippen molar-refractivity contribution in [3.63, 3.8) is 0 Å². The fraction of sp³-hybridized carbons (Fsp3) is 0.115. The number of aryl methyl sites for hydroxylation is 1. The van der Waals surface area contributed by atoms with Gasteiger partial charge in [-0.3, -0.25) is 0 Å². The van der Waals surface area contributed by atoms with E-state index in [0.717, 1.165) is 16.5 Å². The van der Waals surface area contributed by atoms with E-state index in [1.54, 1.807) is 18.2 Å². The monoisotopic (exact) mass is 447 g/mol. The van der Waals surface area contributed by atoms with Crippen molar-refractivity contribution in [3.05, 3.63) is 102 Å². The Balaban J connectivity index is 0.000000186. The lowest BCUT2D eigenvalue weighted by Gasteiger charge is -2.07. The molecule has 0 aliphatic carbocycles. The summed E-state index contributed by atoms with van der Waals surface area (Å²) in [5.74, 6) is 0.918. The van der Waals surface area contributed by atoms with Crippen molar-refractivity contribution >= 4 is 33.0 Å². The topological polar surface area (TPSA) is 70.3 Å². The molecule has 0 saturated heterocycles. The molecule has 0 bridgehead atoms. The van der Waals surface area contributed by atoms with Gasteiger partial charge in [0.05, 0.1) is 11.5 Å². The number of nitrogens with zero attached hydrogens (tertiary/aromatic N) is 1. The highest BCUT2D eigenvalue weighted by Crippen LogP contribution is 2.18. The largest absolute Gasteiger partial charge is 0.744 e. The van der Waals surface area contributed by atoms with E-state index in [2.05, 4.69) is 36.4 Å². The predicted octanol–water partition coefficient (Wildman–Crippen LogP) is 4.82. The minimum absolute atomic E-state index is 0.184. The normalized spacial score (nSPS) is 11.2. The Bertz CT molecular complexity index is 1300. The first-order chi connectivity index (χ1) is 15.3. The number of benzene rings is 3. The van der Waals surface area contributed by atoms with Crippen LogP contribution in [-0.4, -0.2) is 19.6 Å². The number of ether oxygens (including phenoxy) is 1. The molecule has 0 aliphatic heterocycles.